The monoisotopic (exact) mass is 1100 g/mol. The van der Waals surface area contributed by atoms with Crippen LogP contribution in [0.15, 0.2) is 152 Å². The molecule has 0 spiro atoms. The minimum absolute atomic E-state index is 0. The van der Waals surface area contributed by atoms with Crippen LogP contribution in [0.25, 0.3) is 83.9 Å². The number of fused-ring (bicyclic) bond motifs is 1. The van der Waals surface area contributed by atoms with Gasteiger partial charge >= 0.3 is 0 Å². The van der Waals surface area contributed by atoms with Gasteiger partial charge in [0.1, 0.15) is 11.6 Å². The zero-order valence-corrected chi connectivity index (χ0v) is 44.8. The fourth-order valence-electron chi connectivity index (χ4n) is 9.53. The number of pyridine rings is 1. The van der Waals surface area contributed by atoms with Crippen molar-refractivity contribution in [3.05, 3.63) is 191 Å². The van der Waals surface area contributed by atoms with Crippen LogP contribution in [0.3, 0.4) is 0 Å². The molecule has 0 radical (unpaired) electrons. The van der Waals surface area contributed by atoms with Gasteiger partial charge in [0.15, 0.2) is 0 Å². The molecule has 9 rings (SSSR count). The van der Waals surface area contributed by atoms with Crippen LogP contribution in [-0.4, -0.2) is 19.6 Å². The number of hydrogen-bond donors (Lipinski definition) is 1. The second-order valence-corrected chi connectivity index (χ2v) is 21.9. The van der Waals surface area contributed by atoms with Gasteiger partial charge in [0.25, 0.3) is 0 Å². The van der Waals surface area contributed by atoms with Crippen LogP contribution >= 0.6 is 0 Å². The van der Waals surface area contributed by atoms with E-state index in [1.54, 1.807) is 0 Å². The van der Waals surface area contributed by atoms with E-state index in [2.05, 4.69) is 129 Å². The number of aromatic nitrogens is 3. The molecule has 0 fully saturated rings. The molecule has 358 valence electrons. The molecule has 70 heavy (non-hydrogen) atoms. The van der Waals surface area contributed by atoms with Gasteiger partial charge < -0.3 is 5.11 Å². The third-order valence-corrected chi connectivity index (χ3v) is 13.3. The maximum absolute atomic E-state index is 12.4. The Morgan fingerprint density at radius 1 is 0.614 bits per heavy atom. The number of phenols is 1. The van der Waals surface area contributed by atoms with E-state index in [0.717, 1.165) is 83.6 Å². The van der Waals surface area contributed by atoms with Crippen LogP contribution in [0, 0.1) is 19.8 Å². The number of aromatic hydroxyl groups is 1. The first kappa shape index (κ1) is 44.8. The SMILES string of the molecule is [2H]C([2H])([2H])c1cc(-c2c(-c3ccccc3)cccc2C(C)(C)C)ccc1-n1c(-c2cc(C)cc(C(C)(C)C)c2O)nc2c(-c3[c-]c(-c4cc(-c5ccc(C([2H])(C)C)cc5)ccn4)cc(C(C)(C)C)c3)cccc21.[Pt]. The number of nitrogens with zero attached hydrogens (tertiary/aromatic N) is 3. The Kier molecular flexibility index (Phi) is 12.2. The molecule has 0 aliphatic heterocycles. The summed E-state index contributed by atoms with van der Waals surface area (Å²) in [6.45, 7) is 22.6. The Bertz CT molecular complexity index is 3550. The van der Waals surface area contributed by atoms with Crippen molar-refractivity contribution in [3.8, 4) is 78.6 Å². The molecule has 0 unspecified atom stereocenters. The van der Waals surface area contributed by atoms with Crippen LogP contribution in [0.4, 0.5) is 0 Å². The number of imidazole rings is 1. The number of benzene rings is 7. The van der Waals surface area contributed by atoms with Gasteiger partial charge in [-0.15, -0.1) is 29.3 Å². The number of para-hydroxylation sites is 1. The van der Waals surface area contributed by atoms with Gasteiger partial charge in [0.2, 0.25) is 0 Å². The minimum atomic E-state index is -2.56. The maximum atomic E-state index is 12.4. The summed E-state index contributed by atoms with van der Waals surface area (Å²) in [7, 11) is 0. The number of rotatable bonds is 8. The number of phenolic OH excluding ortho intramolecular Hbond substituents is 1. The fraction of sp³-hybridized carbons (Fsp3) is 0.262. The first-order chi connectivity index (χ1) is 34.2. The Hall–Kier alpha value is -6.35. The third kappa shape index (κ3) is 9.73. The molecule has 2 heterocycles. The van der Waals surface area contributed by atoms with Crippen molar-refractivity contribution in [3.63, 3.8) is 0 Å². The van der Waals surface area contributed by atoms with Crippen LogP contribution in [-0.2, 0) is 37.3 Å². The van der Waals surface area contributed by atoms with Crippen molar-refractivity contribution in [2.75, 3.05) is 0 Å². The largest absolute Gasteiger partial charge is 0.507 e. The van der Waals surface area contributed by atoms with E-state index in [1.165, 1.54) is 0 Å². The minimum Gasteiger partial charge on any atom is -0.507 e. The zero-order chi connectivity index (χ0) is 52.6. The summed E-state index contributed by atoms with van der Waals surface area (Å²) in [6, 6.07) is 52.7. The van der Waals surface area contributed by atoms with Crippen molar-refractivity contribution < 1.29 is 31.7 Å². The Balaban J connectivity index is 0.00000729. The summed E-state index contributed by atoms with van der Waals surface area (Å²) in [5.74, 6) is -0.180. The standard InChI is InChI=1S/C65H66N3O.Pt/c1-40(2)43-25-27-44(28-26-43)46-31-32-66-56(39-46)49-36-48(37-50(38-49)63(5,6)7)52-22-18-24-58-60(52)67-62(53-33-41(3)34-55(61(53)69)65(11,12)13)68(58)57-30-29-47(35-42(57)4)59-51(45-19-15-14-16-20-45)21-17-23-54(59)64(8,9)10;/h14-35,37-40,69H,1-13H3;/q-1;/i4D3,40D;. The summed E-state index contributed by atoms with van der Waals surface area (Å²) in [5.41, 5.74) is 15.4. The Morgan fingerprint density at radius 2 is 1.29 bits per heavy atom. The average Bonchev–Trinajstić information content (AvgIpc) is 3.72. The van der Waals surface area contributed by atoms with E-state index >= 15 is 0 Å². The predicted octanol–water partition coefficient (Wildman–Crippen LogP) is 17.6. The summed E-state index contributed by atoms with van der Waals surface area (Å²) in [4.78, 5) is 10.4. The van der Waals surface area contributed by atoms with E-state index in [9.17, 15) is 9.22 Å². The van der Waals surface area contributed by atoms with Gasteiger partial charge in [-0.25, -0.2) is 4.98 Å². The molecule has 7 aromatic carbocycles. The molecule has 0 atom stereocenters. The second kappa shape index (κ2) is 19.1. The molecule has 0 bridgehead atoms. The summed E-state index contributed by atoms with van der Waals surface area (Å²) >= 11 is 0. The molecule has 0 aliphatic carbocycles. The van der Waals surface area contributed by atoms with Crippen molar-refractivity contribution in [1.29, 1.82) is 0 Å². The molecule has 9 aromatic rings. The fourth-order valence-corrected chi connectivity index (χ4v) is 9.53. The third-order valence-electron chi connectivity index (χ3n) is 13.3. The van der Waals surface area contributed by atoms with Gasteiger partial charge in [-0.3, -0.25) is 9.55 Å². The molecule has 0 amide bonds. The molecule has 0 saturated heterocycles. The van der Waals surface area contributed by atoms with Gasteiger partial charge in [-0.2, -0.15) is 0 Å². The van der Waals surface area contributed by atoms with Crippen LogP contribution in [0.2, 0.25) is 0 Å². The predicted molar refractivity (Wildman–Crippen MR) is 292 cm³/mol. The molecule has 0 aliphatic rings. The van der Waals surface area contributed by atoms with Crippen molar-refractivity contribution >= 4 is 11.0 Å². The van der Waals surface area contributed by atoms with Gasteiger partial charge in [0.05, 0.1) is 22.3 Å². The van der Waals surface area contributed by atoms with Crippen LogP contribution < -0.4 is 0 Å². The molecule has 5 heteroatoms. The molecular formula is C65H66N3OPt-. The first-order valence-electron chi connectivity index (χ1n) is 26.0. The molecule has 4 nitrogen and oxygen atoms in total. The van der Waals surface area contributed by atoms with E-state index in [0.29, 0.717) is 28.1 Å². The normalized spacial score (nSPS) is 13.3. The molecule has 1 N–H and O–H groups in total. The average molecular weight is 1100 g/mol. The molecular weight excluding hydrogens is 1030 g/mol. The van der Waals surface area contributed by atoms with Crippen molar-refractivity contribution in [2.45, 2.75) is 112 Å². The second-order valence-electron chi connectivity index (χ2n) is 21.9. The van der Waals surface area contributed by atoms with Gasteiger partial charge in [-0.05, 0) is 122 Å². The number of aryl methyl sites for hydroxylation is 2. The topological polar surface area (TPSA) is 50.9 Å². The van der Waals surface area contributed by atoms with Crippen molar-refractivity contribution in [2.24, 2.45) is 0 Å². The van der Waals surface area contributed by atoms with E-state index in [1.807, 2.05) is 116 Å². The number of hydrogen-bond acceptors (Lipinski definition) is 3. The quantitative estimate of drug-likeness (QED) is 0.154. The van der Waals surface area contributed by atoms with Gasteiger partial charge in [0, 0.05) is 44.0 Å². The summed E-state index contributed by atoms with van der Waals surface area (Å²) in [5, 5.41) is 12.4. The van der Waals surface area contributed by atoms with Gasteiger partial charge in [-0.1, -0.05) is 190 Å². The van der Waals surface area contributed by atoms with E-state index in [-0.39, 0.29) is 43.2 Å². The van der Waals surface area contributed by atoms with E-state index < -0.39 is 18.2 Å². The molecule has 2 aromatic heterocycles. The Labute approximate surface area is 436 Å². The van der Waals surface area contributed by atoms with Crippen LogP contribution in [0.1, 0.15) is 121 Å². The summed E-state index contributed by atoms with van der Waals surface area (Å²) in [6.07, 6.45) is 1.83. The smallest absolute Gasteiger partial charge is 0.148 e. The van der Waals surface area contributed by atoms with Crippen molar-refractivity contribution in [1.82, 2.24) is 14.5 Å². The molecule has 0 saturated carbocycles. The van der Waals surface area contributed by atoms with Crippen LogP contribution in [0.5, 0.6) is 5.75 Å². The zero-order valence-electron chi connectivity index (χ0n) is 46.5. The Morgan fingerprint density at radius 3 is 1.96 bits per heavy atom. The maximum Gasteiger partial charge on any atom is 0.148 e. The summed E-state index contributed by atoms with van der Waals surface area (Å²) < 4.78 is 38.2. The van der Waals surface area contributed by atoms with E-state index in [4.69, 9.17) is 11.3 Å². The first-order valence-corrected chi connectivity index (χ1v) is 24.0.